The van der Waals surface area contributed by atoms with Gasteiger partial charge in [0.2, 0.25) is 4.96 Å². The van der Waals surface area contributed by atoms with Crippen LogP contribution in [0, 0.1) is 24.7 Å². The molecule has 0 atom stereocenters. The highest BCUT2D eigenvalue weighted by molar-refractivity contribution is 7.16. The molecule has 4 fully saturated rings. The van der Waals surface area contributed by atoms with Crippen LogP contribution in [-0.4, -0.2) is 20.1 Å². The Labute approximate surface area is 139 Å². The predicted octanol–water partition coefficient (Wildman–Crippen LogP) is 1.49. The SMILES string of the molecule is Cc1cc(=O)n2nc(C[NH2+]C34CC5CC(CC(C5)C3)C4)sc2n1. The van der Waals surface area contributed by atoms with Crippen molar-refractivity contribution in [1.82, 2.24) is 14.6 Å². The minimum absolute atomic E-state index is 0.0650. The van der Waals surface area contributed by atoms with Gasteiger partial charge in [0, 0.05) is 31.0 Å². The molecule has 2 aromatic rings. The minimum Gasteiger partial charge on any atom is -0.336 e. The summed E-state index contributed by atoms with van der Waals surface area (Å²) in [4.78, 5) is 17.2. The standard InChI is InChI=1S/C17H22N4OS/c1-10-2-15(22)21-16(19-10)23-14(20-21)9-18-17-6-11-3-12(7-17)5-13(4-11)8-17/h2,11-13,18H,3-9H2,1H3/p+1. The number of quaternary nitrogens is 1. The molecule has 0 aliphatic heterocycles. The van der Waals surface area contributed by atoms with Gasteiger partial charge in [-0.25, -0.2) is 4.98 Å². The van der Waals surface area contributed by atoms with Crippen molar-refractivity contribution in [3.63, 3.8) is 0 Å². The molecule has 2 aromatic heterocycles. The molecule has 0 amide bonds. The van der Waals surface area contributed by atoms with E-state index >= 15 is 0 Å². The van der Waals surface area contributed by atoms with Crippen molar-refractivity contribution < 1.29 is 5.32 Å². The minimum atomic E-state index is -0.0650. The first-order valence-electron chi connectivity index (χ1n) is 8.79. The van der Waals surface area contributed by atoms with Crippen LogP contribution in [0.25, 0.3) is 4.96 Å². The Morgan fingerprint density at radius 3 is 2.57 bits per heavy atom. The summed E-state index contributed by atoms with van der Waals surface area (Å²) in [5, 5.41) is 8.07. The van der Waals surface area contributed by atoms with E-state index in [1.165, 1.54) is 43.0 Å². The number of aromatic nitrogens is 3. The first-order valence-corrected chi connectivity index (χ1v) is 9.61. The zero-order valence-corrected chi connectivity index (χ0v) is 14.3. The first kappa shape index (κ1) is 14.1. The number of aryl methyl sites for hydroxylation is 1. The van der Waals surface area contributed by atoms with Gasteiger partial charge in [-0.2, -0.15) is 9.61 Å². The second-order valence-electron chi connectivity index (χ2n) is 8.11. The Bertz CT molecular complexity index is 788. The second kappa shape index (κ2) is 4.86. The normalized spacial score (nSPS) is 35.3. The van der Waals surface area contributed by atoms with Crippen LogP contribution >= 0.6 is 11.3 Å². The van der Waals surface area contributed by atoms with Gasteiger partial charge in [-0.1, -0.05) is 11.3 Å². The van der Waals surface area contributed by atoms with Crippen molar-refractivity contribution in [2.24, 2.45) is 17.8 Å². The van der Waals surface area contributed by atoms with Crippen molar-refractivity contribution in [2.45, 2.75) is 57.5 Å². The highest BCUT2D eigenvalue weighted by Crippen LogP contribution is 2.54. The number of nitrogens with two attached hydrogens (primary N) is 1. The van der Waals surface area contributed by atoms with Crippen LogP contribution in [-0.2, 0) is 6.54 Å². The van der Waals surface area contributed by atoms with Gasteiger partial charge in [0.1, 0.15) is 6.54 Å². The van der Waals surface area contributed by atoms with Crippen molar-refractivity contribution >= 4 is 16.3 Å². The number of hydrogen-bond acceptors (Lipinski definition) is 4. The first-order chi connectivity index (χ1) is 11.1. The molecule has 6 heteroatoms. The molecule has 0 spiro atoms. The van der Waals surface area contributed by atoms with E-state index in [1.807, 2.05) is 6.92 Å². The molecule has 0 unspecified atom stereocenters. The molecule has 4 aliphatic carbocycles. The zero-order valence-electron chi connectivity index (χ0n) is 13.5. The molecule has 23 heavy (non-hydrogen) atoms. The Morgan fingerprint density at radius 1 is 1.26 bits per heavy atom. The van der Waals surface area contributed by atoms with Crippen molar-refractivity contribution in [1.29, 1.82) is 0 Å². The van der Waals surface area contributed by atoms with Crippen LogP contribution in [0.4, 0.5) is 0 Å². The van der Waals surface area contributed by atoms with Gasteiger partial charge in [-0.3, -0.25) is 4.79 Å². The van der Waals surface area contributed by atoms with E-state index in [-0.39, 0.29) is 5.56 Å². The summed E-state index contributed by atoms with van der Waals surface area (Å²) < 4.78 is 1.46. The maximum Gasteiger partial charge on any atom is 0.275 e. The zero-order chi connectivity index (χ0) is 15.6. The molecule has 122 valence electrons. The Hall–Kier alpha value is -1.27. The maximum atomic E-state index is 12.0. The molecular weight excluding hydrogens is 308 g/mol. The lowest BCUT2D eigenvalue weighted by Crippen LogP contribution is -2.97. The number of nitrogens with zero attached hydrogens (tertiary/aromatic N) is 3. The lowest BCUT2D eigenvalue weighted by molar-refractivity contribution is -0.752. The van der Waals surface area contributed by atoms with E-state index in [9.17, 15) is 4.79 Å². The monoisotopic (exact) mass is 331 g/mol. The highest BCUT2D eigenvalue weighted by atomic mass is 32.1. The molecule has 0 aromatic carbocycles. The van der Waals surface area contributed by atoms with Crippen molar-refractivity contribution in [3.05, 3.63) is 27.1 Å². The van der Waals surface area contributed by atoms with Gasteiger partial charge in [-0.05, 0) is 43.9 Å². The summed E-state index contributed by atoms with van der Waals surface area (Å²) in [7, 11) is 0. The molecule has 0 saturated heterocycles. The van der Waals surface area contributed by atoms with Crippen LogP contribution in [0.3, 0.4) is 0 Å². The van der Waals surface area contributed by atoms with E-state index in [1.54, 1.807) is 17.4 Å². The number of rotatable bonds is 3. The predicted molar refractivity (Wildman–Crippen MR) is 88.4 cm³/mol. The third-order valence-electron chi connectivity index (χ3n) is 6.21. The Balaban J connectivity index is 1.38. The average molecular weight is 331 g/mol. The van der Waals surface area contributed by atoms with Crippen LogP contribution in [0.1, 0.15) is 49.2 Å². The fourth-order valence-corrected chi connectivity index (χ4v) is 6.68. The molecule has 4 aliphatic rings. The molecule has 0 radical (unpaired) electrons. The quantitative estimate of drug-likeness (QED) is 0.927. The Kier molecular flexibility index (Phi) is 2.98. The van der Waals surface area contributed by atoms with Crippen LogP contribution in [0.2, 0.25) is 0 Å². The number of fused-ring (bicyclic) bond motifs is 1. The second-order valence-corrected chi connectivity index (χ2v) is 9.15. The summed E-state index contributed by atoms with van der Waals surface area (Å²) >= 11 is 1.56. The average Bonchev–Trinajstić information content (AvgIpc) is 2.87. The Morgan fingerprint density at radius 2 is 1.91 bits per heavy atom. The third kappa shape index (κ3) is 2.34. The summed E-state index contributed by atoms with van der Waals surface area (Å²) in [5.41, 5.74) is 1.17. The van der Waals surface area contributed by atoms with Gasteiger partial charge < -0.3 is 5.32 Å². The van der Waals surface area contributed by atoms with Crippen LogP contribution < -0.4 is 10.9 Å². The van der Waals surface area contributed by atoms with Gasteiger partial charge in [0.05, 0.1) is 5.54 Å². The van der Waals surface area contributed by atoms with Gasteiger partial charge in [-0.15, -0.1) is 0 Å². The third-order valence-corrected chi connectivity index (χ3v) is 7.14. The van der Waals surface area contributed by atoms with E-state index in [0.29, 0.717) is 5.54 Å². The van der Waals surface area contributed by atoms with Crippen molar-refractivity contribution in [3.8, 4) is 0 Å². The van der Waals surface area contributed by atoms with Crippen LogP contribution in [0.5, 0.6) is 0 Å². The molecule has 2 heterocycles. The van der Waals surface area contributed by atoms with Gasteiger partial charge in [0.15, 0.2) is 5.01 Å². The van der Waals surface area contributed by atoms with E-state index < -0.39 is 0 Å². The smallest absolute Gasteiger partial charge is 0.275 e. The van der Waals surface area contributed by atoms with Crippen LogP contribution in [0.15, 0.2) is 10.9 Å². The van der Waals surface area contributed by atoms with Crippen molar-refractivity contribution in [2.75, 3.05) is 0 Å². The largest absolute Gasteiger partial charge is 0.336 e. The van der Waals surface area contributed by atoms with E-state index in [0.717, 1.165) is 40.0 Å². The summed E-state index contributed by atoms with van der Waals surface area (Å²) in [6.45, 7) is 2.75. The summed E-state index contributed by atoms with van der Waals surface area (Å²) in [5.74, 6) is 2.92. The molecule has 2 N–H and O–H groups in total. The molecule has 4 saturated carbocycles. The summed E-state index contributed by atoms with van der Waals surface area (Å²) in [6, 6.07) is 1.55. The molecule has 4 bridgehead atoms. The van der Waals surface area contributed by atoms with Gasteiger partial charge >= 0.3 is 0 Å². The lowest BCUT2D eigenvalue weighted by Gasteiger charge is -2.54. The maximum absolute atomic E-state index is 12.0. The lowest BCUT2D eigenvalue weighted by atomic mass is 9.53. The van der Waals surface area contributed by atoms with E-state index in [4.69, 9.17) is 0 Å². The van der Waals surface area contributed by atoms with Gasteiger partial charge in [0.25, 0.3) is 5.56 Å². The van der Waals surface area contributed by atoms with E-state index in [2.05, 4.69) is 15.4 Å². The summed E-state index contributed by atoms with van der Waals surface area (Å²) in [6.07, 6.45) is 8.61. The molecular formula is C17H23N4OS+. The fraction of sp³-hybridized carbons (Fsp3) is 0.706. The molecule has 5 nitrogen and oxygen atoms in total. The topological polar surface area (TPSA) is 63.9 Å². The molecule has 6 rings (SSSR count). The number of hydrogen-bond donors (Lipinski definition) is 1. The fourth-order valence-electron chi connectivity index (χ4n) is 5.77. The highest BCUT2D eigenvalue weighted by Gasteiger charge is 2.53.